The van der Waals surface area contributed by atoms with Gasteiger partial charge in [0.05, 0.1) is 0 Å². The molecule has 1 heterocycles. The van der Waals surface area contributed by atoms with Gasteiger partial charge < -0.3 is 11.1 Å². The lowest BCUT2D eigenvalue weighted by atomic mass is 9.99. The van der Waals surface area contributed by atoms with Crippen molar-refractivity contribution in [1.82, 2.24) is 5.32 Å². The van der Waals surface area contributed by atoms with Crippen LogP contribution in [0, 0.1) is 0 Å². The van der Waals surface area contributed by atoms with E-state index in [0.717, 1.165) is 30.2 Å². The minimum absolute atomic E-state index is 0.731. The van der Waals surface area contributed by atoms with Gasteiger partial charge in [0.25, 0.3) is 0 Å². The number of hydrogen-bond acceptors (Lipinski definition) is 2. The largest absolute Gasteiger partial charge is 0.398 e. The molecule has 0 spiro atoms. The monoisotopic (exact) mass is 182 g/mol. The number of nitrogens with two attached hydrogens (primary N) is 1. The van der Waals surface area contributed by atoms with E-state index in [-0.39, 0.29) is 0 Å². The van der Waals surface area contributed by atoms with Gasteiger partial charge in [0.15, 0.2) is 0 Å². The van der Waals surface area contributed by atoms with Crippen LogP contribution in [0.2, 0.25) is 5.02 Å². The average Bonchev–Trinajstić information content (AvgIpc) is 2.04. The van der Waals surface area contributed by atoms with Gasteiger partial charge in [-0.05, 0) is 36.2 Å². The highest BCUT2D eigenvalue weighted by atomic mass is 35.5. The van der Waals surface area contributed by atoms with Gasteiger partial charge in [0, 0.05) is 17.3 Å². The fraction of sp³-hybridized carbons (Fsp3) is 0.333. The second-order valence-corrected chi connectivity index (χ2v) is 3.50. The maximum absolute atomic E-state index is 5.87. The smallest absolute Gasteiger partial charge is 0.0429 e. The highest BCUT2D eigenvalue weighted by Crippen LogP contribution is 2.25. The number of fused-ring (bicyclic) bond motifs is 1. The summed E-state index contributed by atoms with van der Waals surface area (Å²) in [5.74, 6) is 0. The summed E-state index contributed by atoms with van der Waals surface area (Å²) in [6, 6.07) is 3.81. The summed E-state index contributed by atoms with van der Waals surface area (Å²) in [4.78, 5) is 0. The number of rotatable bonds is 0. The zero-order chi connectivity index (χ0) is 8.55. The zero-order valence-corrected chi connectivity index (χ0v) is 7.49. The van der Waals surface area contributed by atoms with E-state index >= 15 is 0 Å². The van der Waals surface area contributed by atoms with Crippen molar-refractivity contribution in [1.29, 1.82) is 0 Å². The molecule has 0 amide bonds. The molecule has 2 rings (SSSR count). The Balaban J connectivity index is 2.53. The number of nitrogen functional groups attached to an aromatic ring is 1. The standard InChI is InChI=1S/C9H11ClN2/c10-7-3-6-5-12-2-1-8(6)9(11)4-7/h3-4,12H,1-2,5,11H2. The molecule has 1 aromatic carbocycles. The van der Waals surface area contributed by atoms with Crippen LogP contribution in [0.5, 0.6) is 0 Å². The molecule has 0 saturated heterocycles. The molecule has 0 atom stereocenters. The number of halogens is 1. The Bertz CT molecular complexity index is 310. The molecule has 0 bridgehead atoms. The Morgan fingerprint density at radius 1 is 1.42 bits per heavy atom. The molecule has 2 nitrogen and oxygen atoms in total. The summed E-state index contributed by atoms with van der Waals surface area (Å²) in [6.07, 6.45) is 1.01. The van der Waals surface area contributed by atoms with Gasteiger partial charge in [-0.25, -0.2) is 0 Å². The van der Waals surface area contributed by atoms with E-state index in [1.807, 2.05) is 12.1 Å². The summed E-state index contributed by atoms with van der Waals surface area (Å²) in [6.45, 7) is 1.90. The number of hydrogen-bond donors (Lipinski definition) is 2. The minimum Gasteiger partial charge on any atom is -0.398 e. The predicted octanol–water partition coefficient (Wildman–Crippen LogP) is 1.57. The highest BCUT2D eigenvalue weighted by Gasteiger charge is 2.11. The van der Waals surface area contributed by atoms with Crippen LogP contribution in [0.15, 0.2) is 12.1 Å². The molecule has 1 aliphatic rings. The predicted molar refractivity (Wildman–Crippen MR) is 51.3 cm³/mol. The summed E-state index contributed by atoms with van der Waals surface area (Å²) < 4.78 is 0. The second-order valence-electron chi connectivity index (χ2n) is 3.06. The maximum Gasteiger partial charge on any atom is 0.0429 e. The van der Waals surface area contributed by atoms with Gasteiger partial charge in [-0.3, -0.25) is 0 Å². The van der Waals surface area contributed by atoms with Crippen molar-refractivity contribution < 1.29 is 0 Å². The van der Waals surface area contributed by atoms with Crippen molar-refractivity contribution in [3.63, 3.8) is 0 Å². The number of benzene rings is 1. The number of anilines is 1. The second kappa shape index (κ2) is 2.96. The third-order valence-electron chi connectivity index (χ3n) is 2.21. The highest BCUT2D eigenvalue weighted by molar-refractivity contribution is 6.31. The molecule has 3 heteroatoms. The Morgan fingerprint density at radius 3 is 3.08 bits per heavy atom. The van der Waals surface area contributed by atoms with Gasteiger partial charge >= 0.3 is 0 Å². The van der Waals surface area contributed by atoms with E-state index in [2.05, 4.69) is 5.32 Å². The Kier molecular flexibility index (Phi) is 1.95. The van der Waals surface area contributed by atoms with Crippen LogP contribution in [0.25, 0.3) is 0 Å². The van der Waals surface area contributed by atoms with Gasteiger partial charge in [-0.2, -0.15) is 0 Å². The molecule has 3 N–H and O–H groups in total. The fourth-order valence-corrected chi connectivity index (χ4v) is 1.86. The third kappa shape index (κ3) is 1.28. The first-order valence-corrected chi connectivity index (χ1v) is 4.42. The fourth-order valence-electron chi connectivity index (χ4n) is 1.62. The van der Waals surface area contributed by atoms with Crippen LogP contribution in [-0.4, -0.2) is 6.54 Å². The molecule has 0 aliphatic carbocycles. The SMILES string of the molecule is Nc1cc(Cl)cc2c1CCNC2. The summed E-state index contributed by atoms with van der Waals surface area (Å²) >= 11 is 5.87. The summed E-state index contributed by atoms with van der Waals surface area (Å²) in [7, 11) is 0. The lowest BCUT2D eigenvalue weighted by molar-refractivity contribution is 0.645. The van der Waals surface area contributed by atoms with E-state index in [1.165, 1.54) is 11.1 Å². The van der Waals surface area contributed by atoms with Crippen LogP contribution in [0.1, 0.15) is 11.1 Å². The van der Waals surface area contributed by atoms with Crippen LogP contribution < -0.4 is 11.1 Å². The minimum atomic E-state index is 0.731. The first-order chi connectivity index (χ1) is 5.77. The summed E-state index contributed by atoms with van der Waals surface area (Å²) in [5, 5.41) is 4.01. The van der Waals surface area contributed by atoms with Crippen LogP contribution in [0.3, 0.4) is 0 Å². The van der Waals surface area contributed by atoms with Crippen molar-refractivity contribution >= 4 is 17.3 Å². The Hall–Kier alpha value is -0.730. The van der Waals surface area contributed by atoms with Crippen LogP contribution >= 0.6 is 11.6 Å². The van der Waals surface area contributed by atoms with E-state index in [9.17, 15) is 0 Å². The molecule has 0 radical (unpaired) electrons. The van der Waals surface area contributed by atoms with Gasteiger partial charge in [0.2, 0.25) is 0 Å². The number of nitrogens with one attached hydrogen (secondary N) is 1. The summed E-state index contributed by atoms with van der Waals surface area (Å²) in [5.41, 5.74) is 9.17. The van der Waals surface area contributed by atoms with Crippen molar-refractivity contribution in [2.75, 3.05) is 12.3 Å². The molecule has 0 aromatic heterocycles. The molecule has 1 aromatic rings. The van der Waals surface area contributed by atoms with Gasteiger partial charge in [-0.15, -0.1) is 0 Å². The molecule has 1 aliphatic heterocycles. The molecule has 0 fully saturated rings. The normalized spacial score (nSPS) is 15.8. The molecular formula is C9H11ClN2. The quantitative estimate of drug-likeness (QED) is 0.598. The molecule has 12 heavy (non-hydrogen) atoms. The van der Waals surface area contributed by atoms with E-state index in [4.69, 9.17) is 17.3 Å². The Morgan fingerprint density at radius 2 is 2.25 bits per heavy atom. The third-order valence-corrected chi connectivity index (χ3v) is 2.43. The van der Waals surface area contributed by atoms with Crippen molar-refractivity contribution in [3.05, 3.63) is 28.3 Å². The van der Waals surface area contributed by atoms with Crippen LogP contribution in [-0.2, 0) is 13.0 Å². The molecule has 0 unspecified atom stereocenters. The first kappa shape index (κ1) is 7.90. The van der Waals surface area contributed by atoms with E-state index in [0.29, 0.717) is 0 Å². The van der Waals surface area contributed by atoms with Crippen molar-refractivity contribution in [3.8, 4) is 0 Å². The lowest BCUT2D eigenvalue weighted by Crippen LogP contribution is -2.24. The molecular weight excluding hydrogens is 172 g/mol. The first-order valence-electron chi connectivity index (χ1n) is 4.05. The zero-order valence-electron chi connectivity index (χ0n) is 6.73. The van der Waals surface area contributed by atoms with Crippen molar-refractivity contribution in [2.24, 2.45) is 0 Å². The van der Waals surface area contributed by atoms with Crippen LogP contribution in [0.4, 0.5) is 5.69 Å². The Labute approximate surface area is 76.7 Å². The molecule has 0 saturated carbocycles. The van der Waals surface area contributed by atoms with Gasteiger partial charge in [-0.1, -0.05) is 11.6 Å². The average molecular weight is 183 g/mol. The van der Waals surface area contributed by atoms with Gasteiger partial charge in [0.1, 0.15) is 0 Å². The lowest BCUT2D eigenvalue weighted by Gasteiger charge is -2.18. The van der Waals surface area contributed by atoms with E-state index in [1.54, 1.807) is 0 Å². The van der Waals surface area contributed by atoms with E-state index < -0.39 is 0 Å². The molecule has 64 valence electrons. The van der Waals surface area contributed by atoms with Crippen molar-refractivity contribution in [2.45, 2.75) is 13.0 Å². The maximum atomic E-state index is 5.87. The topological polar surface area (TPSA) is 38.0 Å².